The number of aromatic nitrogens is 6. The Morgan fingerprint density at radius 2 is 0.415 bits per heavy atom. The van der Waals surface area contributed by atoms with E-state index in [1.165, 1.54) is 48.5 Å². The summed E-state index contributed by atoms with van der Waals surface area (Å²) in [4.78, 5) is 114. The lowest BCUT2D eigenvalue weighted by molar-refractivity contribution is -0.119. The number of hydrogen-bond acceptors (Lipinski definition) is 42. The van der Waals surface area contributed by atoms with Crippen LogP contribution in [-0.2, 0) is 119 Å². The first-order valence-electron chi connectivity index (χ1n) is 40.8. The summed E-state index contributed by atoms with van der Waals surface area (Å²) >= 11 is 0. The van der Waals surface area contributed by atoms with Crippen molar-refractivity contribution in [2.75, 3.05) is 94.9 Å². The minimum atomic E-state index is -5.63. The first-order valence-corrected chi connectivity index (χ1v) is 52.2. The molecule has 2 heterocycles. The molecule has 0 spiro atoms. The van der Waals surface area contributed by atoms with Crippen LogP contribution in [0.2, 0.25) is 0 Å². The molecular weight excluding hydrogens is 2030 g/mol. The lowest BCUT2D eigenvalue weighted by Crippen LogP contribution is -2.36. The number of carbonyl (C=O) groups excluding carboxylic acids is 8. The summed E-state index contributed by atoms with van der Waals surface area (Å²) in [6.07, 6.45) is -1.97. The standard InChI is InChI=1S/C80H90N26O28S8/c81-67(107)23-31-103(32-24-68(82)108)135(115,116)57-9-1-5-49(39-57)91-75-97-76(92-50-6-2-10-58(40-50)136(117,118)104(33-25-69(83)109)34-26-70(84)110)100-79(99-75)95-55-19-21-61(65(45-55)141(129,130)131)89-53-17-15-47(63(43-53)139(123,124)125)13-14-48-16-18-54(44-64(48)140(126,127)128)90-62-22-20-56(46-66(62)142(132,133)134)96-80-101-77(93-51-7-3-11-59(41-51)137(119,120)105(35-27-71(85)111)36-28-72(86)112)98-78(102-80)94-52-8-4-12-60(42-52)138(121,122)106(37-29-73(87)113)38-30-74(88)114/h1-22,39-46,89-90H,23-38H2,(H2,81,107)(H2,82,108)(H2,83,109)(H2,84,110)(H2,85,111)(H2,86,112)(H2,87,113)(H2,88,114)(H,123,124,125)(H,126,127,128)(H,129,130,131)(H,132,133,134)(H3,91,92,95,97,99,100)(H3,93,94,96,98,101,102)/p-4/b14-13+. The average Bonchev–Trinajstić information content (AvgIpc) is 0.778. The van der Waals surface area contributed by atoms with E-state index in [-0.39, 0.29) is 34.1 Å². The molecule has 0 fully saturated rings. The number of benzene rings is 8. The highest BCUT2D eigenvalue weighted by Crippen LogP contribution is 2.37. The average molecular weight is 2120 g/mol. The number of primary amides is 8. The van der Waals surface area contributed by atoms with Crippen LogP contribution in [0.4, 0.5) is 92.6 Å². The van der Waals surface area contributed by atoms with Gasteiger partial charge in [0.05, 0.1) is 50.5 Å². The van der Waals surface area contributed by atoms with Crippen molar-refractivity contribution in [2.45, 2.75) is 90.5 Å². The van der Waals surface area contributed by atoms with Crippen LogP contribution < -0.4 is 88.4 Å². The molecule has 8 aromatic carbocycles. The second-order valence-corrected chi connectivity index (χ2v) is 43.3. The van der Waals surface area contributed by atoms with Crippen LogP contribution >= 0.6 is 0 Å². The van der Waals surface area contributed by atoms with E-state index >= 15 is 0 Å². The van der Waals surface area contributed by atoms with Gasteiger partial charge in [0.2, 0.25) is 123 Å². The molecule has 0 aliphatic heterocycles. The topological polar surface area (TPSA) is 897 Å². The molecule has 24 N–H and O–H groups in total. The third-order valence-electron chi connectivity index (χ3n) is 19.6. The Hall–Kier alpha value is -15.0. The van der Waals surface area contributed by atoms with Crippen LogP contribution in [0.25, 0.3) is 12.2 Å². The summed E-state index contributed by atoms with van der Waals surface area (Å²) in [5.74, 6) is -9.89. The van der Waals surface area contributed by atoms with Crippen LogP contribution in [0, 0.1) is 0 Å². The minimum Gasteiger partial charge on any atom is -0.744 e. The van der Waals surface area contributed by atoms with Crippen molar-refractivity contribution < 1.29 is 124 Å². The molecule has 0 radical (unpaired) electrons. The van der Waals surface area contributed by atoms with E-state index in [1.807, 2.05) is 0 Å². The van der Waals surface area contributed by atoms with Gasteiger partial charge in [-0.25, -0.2) is 67.3 Å². The van der Waals surface area contributed by atoms with Crippen molar-refractivity contribution >= 4 is 233 Å². The summed E-state index contributed by atoms with van der Waals surface area (Å²) in [7, 11) is -40.7. The van der Waals surface area contributed by atoms with Crippen LogP contribution in [-0.4, -0.2) is 232 Å². The third kappa shape index (κ3) is 30.7. The molecule has 2 aromatic heterocycles. The molecule has 0 saturated heterocycles. The Balaban J connectivity index is 0.937. The molecule has 10 aromatic rings. The highest BCUT2D eigenvalue weighted by Gasteiger charge is 2.32. The molecule has 0 atom stereocenters. The van der Waals surface area contributed by atoms with Gasteiger partial charge in [0, 0.05) is 149 Å². The zero-order valence-corrected chi connectivity index (χ0v) is 80.0. The zero-order chi connectivity index (χ0) is 104. The fraction of sp³-hybridized carbons (Fsp3) is 0.200. The van der Waals surface area contributed by atoms with E-state index in [4.69, 9.17) is 45.9 Å². The van der Waals surface area contributed by atoms with Crippen molar-refractivity contribution in [3.05, 3.63) is 181 Å². The summed E-state index contributed by atoms with van der Waals surface area (Å²) in [6.45, 7) is -3.76. The Morgan fingerprint density at radius 3 is 0.606 bits per heavy atom. The largest absolute Gasteiger partial charge is 0.744 e. The lowest BCUT2D eigenvalue weighted by Gasteiger charge is -2.21. The molecule has 62 heteroatoms. The maximum Gasteiger partial charge on any atom is 0.243 e. The van der Waals surface area contributed by atoms with Crippen LogP contribution in [0.1, 0.15) is 62.5 Å². The first-order chi connectivity index (χ1) is 66.4. The summed E-state index contributed by atoms with van der Waals surface area (Å²) < 4.78 is 273. The number of rotatable bonds is 54. The van der Waals surface area contributed by atoms with Crippen molar-refractivity contribution in [3.63, 3.8) is 0 Å². The summed E-state index contributed by atoms with van der Waals surface area (Å²) in [6, 6.07) is 30.5. The van der Waals surface area contributed by atoms with Gasteiger partial charge < -0.3 is 107 Å². The van der Waals surface area contributed by atoms with Gasteiger partial charge in [-0.3, -0.25) is 38.4 Å². The monoisotopic (exact) mass is 2110 g/mol. The van der Waals surface area contributed by atoms with Crippen molar-refractivity contribution in [1.82, 2.24) is 47.1 Å². The van der Waals surface area contributed by atoms with Crippen LogP contribution in [0.3, 0.4) is 0 Å². The number of sulfonamides is 4. The number of nitrogens with one attached hydrogen (secondary N) is 8. The number of anilines is 16. The Bertz CT molecular complexity index is 6850. The van der Waals surface area contributed by atoms with E-state index < -0.39 is 340 Å². The minimum absolute atomic E-state index is 0.0677. The summed E-state index contributed by atoms with van der Waals surface area (Å²) in [5.41, 5.74) is 38.6. The molecular formula is C80H86N26O28S8-4. The smallest absolute Gasteiger partial charge is 0.243 e. The third-order valence-corrected chi connectivity index (χ3v) is 30.7. The predicted octanol–water partition coefficient (Wildman–Crippen LogP) is 0.758. The molecule has 0 bridgehead atoms. The number of nitrogens with zero attached hydrogens (tertiary/aromatic N) is 10. The number of amides is 8. The normalized spacial score (nSPS) is 12.3. The quantitative estimate of drug-likeness (QED) is 0.0185. The second-order valence-electron chi connectivity index (χ2n) is 30.1. The Kier molecular flexibility index (Phi) is 35.2. The van der Waals surface area contributed by atoms with Crippen LogP contribution in [0.15, 0.2) is 209 Å². The Morgan fingerprint density at radius 1 is 0.239 bits per heavy atom. The molecule has 0 saturated carbocycles. The molecule has 142 heavy (non-hydrogen) atoms. The molecule has 8 amide bonds. The fourth-order valence-corrected chi connectivity index (χ4v) is 21.6. The number of hydrogen-bond donors (Lipinski definition) is 16. The maximum atomic E-state index is 14.1. The second kappa shape index (κ2) is 45.9. The fourth-order valence-electron chi connectivity index (χ4n) is 12.9. The Labute approximate surface area is 810 Å². The molecule has 10 rings (SSSR count). The van der Waals surface area contributed by atoms with E-state index in [1.54, 1.807) is 0 Å². The van der Waals surface area contributed by atoms with Crippen LogP contribution in [0.5, 0.6) is 0 Å². The highest BCUT2D eigenvalue weighted by atomic mass is 32.2. The van der Waals surface area contributed by atoms with Gasteiger partial charge in [-0.05, 0) is 145 Å². The molecule has 54 nitrogen and oxygen atoms in total. The first kappa shape index (κ1) is 109. The highest BCUT2D eigenvalue weighted by molar-refractivity contribution is 7.90. The molecule has 756 valence electrons. The maximum absolute atomic E-state index is 14.1. The molecule has 0 aliphatic carbocycles. The van der Waals surface area contributed by atoms with Gasteiger partial charge in [0.1, 0.15) is 40.5 Å². The van der Waals surface area contributed by atoms with Crippen molar-refractivity contribution in [2.24, 2.45) is 45.9 Å². The van der Waals surface area contributed by atoms with Gasteiger partial charge >= 0.3 is 0 Å². The lowest BCUT2D eigenvalue weighted by atomic mass is 10.1. The number of nitrogens with two attached hydrogens (primary N) is 8. The van der Waals surface area contributed by atoms with Gasteiger partial charge in [-0.15, -0.1) is 0 Å². The zero-order valence-electron chi connectivity index (χ0n) is 73.4. The summed E-state index contributed by atoms with van der Waals surface area (Å²) in [5, 5.41) is 21.6. The van der Waals surface area contributed by atoms with Crippen molar-refractivity contribution in [1.29, 1.82) is 0 Å². The van der Waals surface area contributed by atoms with Gasteiger partial charge in [-0.1, -0.05) is 48.6 Å². The SMILES string of the molecule is NC(=O)CCN(CCC(N)=O)S(=O)(=O)c1cccc(Nc2nc(Nc3cccc(S(=O)(=O)N(CCC(N)=O)CCC(N)=O)c3)nc(Nc3ccc(Nc4ccc(/C=C/c5ccc(Nc6ccc(Nc7nc(Nc8cccc(S(=O)(=O)N(CCC(N)=O)CCC(N)=O)c8)nc(Nc8cccc(S(=O)(=O)N(CCC(N)=O)CCC(N)=O)c8)n7)cc6S(=O)(=O)[O-])cc5S(=O)(=O)[O-])c(S(=O)(=O)[O-])c4)c(S(=O)(=O)[O-])c3)n2)c1. The number of carbonyl (C=O) groups is 8. The predicted molar refractivity (Wildman–Crippen MR) is 504 cm³/mol. The molecule has 0 aliphatic rings. The molecule has 0 unspecified atom stereocenters. The van der Waals surface area contributed by atoms with E-state index in [2.05, 4.69) is 72.4 Å². The van der Waals surface area contributed by atoms with E-state index in [9.17, 15) is 124 Å². The van der Waals surface area contributed by atoms with Gasteiger partial charge in [0.25, 0.3) is 0 Å². The van der Waals surface area contributed by atoms with Gasteiger partial charge in [-0.2, -0.15) is 47.1 Å². The van der Waals surface area contributed by atoms with Gasteiger partial charge in [0.15, 0.2) is 0 Å². The van der Waals surface area contributed by atoms with E-state index in [0.717, 1.165) is 139 Å². The van der Waals surface area contributed by atoms with E-state index in [0.29, 0.717) is 12.1 Å². The van der Waals surface area contributed by atoms with Crippen molar-refractivity contribution in [3.8, 4) is 0 Å².